The number of aromatic nitrogens is 1. The molecule has 210 valence electrons. The zero-order chi connectivity index (χ0) is 29.6. The molecule has 1 amide bonds. The Morgan fingerprint density at radius 3 is 2.22 bits per heavy atom. The van der Waals surface area contributed by atoms with Crippen LogP contribution in [0.2, 0.25) is 0 Å². The summed E-state index contributed by atoms with van der Waals surface area (Å²) in [6.45, 7) is 8.78. The molecule has 1 aliphatic heterocycles. The van der Waals surface area contributed by atoms with Gasteiger partial charge in [0.1, 0.15) is 18.2 Å². The largest absolute Gasteiger partial charge is 0.372 e. The summed E-state index contributed by atoms with van der Waals surface area (Å²) in [5.74, 6) is -0.403. The number of benzene rings is 1. The van der Waals surface area contributed by atoms with Crippen LogP contribution in [-0.2, 0) is 4.79 Å². The number of anilines is 1. The van der Waals surface area contributed by atoms with E-state index in [-0.39, 0.29) is 22.4 Å². The Morgan fingerprint density at radius 1 is 0.976 bits per heavy atom. The molecule has 0 spiro atoms. The Labute approximate surface area is 246 Å². The molecule has 0 atom stereocenters. The van der Waals surface area contributed by atoms with Crippen LogP contribution in [0.4, 0.5) is 16.5 Å². The second-order valence-corrected chi connectivity index (χ2v) is 10.5. The third-order valence-electron chi connectivity index (χ3n) is 6.51. The number of thiazole rings is 1. The van der Waals surface area contributed by atoms with Crippen LogP contribution < -0.4 is 4.90 Å². The number of rotatable bonds is 14. The van der Waals surface area contributed by atoms with Crippen molar-refractivity contribution in [3.8, 4) is 18.2 Å². The molecular formula is C31H34N8OS. The summed E-state index contributed by atoms with van der Waals surface area (Å²) in [5, 5.41) is 37.7. The summed E-state index contributed by atoms with van der Waals surface area (Å²) in [6, 6.07) is 13.7. The summed E-state index contributed by atoms with van der Waals surface area (Å²) in [6.07, 6.45) is 11.0. The number of carbonyl (C=O) groups is 1. The van der Waals surface area contributed by atoms with Crippen LogP contribution in [0.1, 0.15) is 64.2 Å². The fourth-order valence-electron chi connectivity index (χ4n) is 4.27. The molecule has 9 nitrogen and oxygen atoms in total. The Morgan fingerprint density at radius 2 is 1.63 bits per heavy atom. The van der Waals surface area contributed by atoms with Gasteiger partial charge in [0.15, 0.2) is 5.57 Å². The normalized spacial score (nSPS) is 13.2. The lowest BCUT2D eigenvalue weighted by Crippen LogP contribution is -2.27. The van der Waals surface area contributed by atoms with Crippen molar-refractivity contribution in [2.24, 2.45) is 10.2 Å². The zero-order valence-electron chi connectivity index (χ0n) is 23.8. The Balaban J connectivity index is 1.76. The van der Waals surface area contributed by atoms with Crippen molar-refractivity contribution in [2.45, 2.75) is 59.3 Å². The van der Waals surface area contributed by atoms with Gasteiger partial charge >= 0.3 is 0 Å². The molecule has 0 radical (unpaired) electrons. The number of azo groups is 1. The van der Waals surface area contributed by atoms with Gasteiger partial charge in [-0.1, -0.05) is 51.4 Å². The first-order valence-electron chi connectivity index (χ1n) is 13.9. The van der Waals surface area contributed by atoms with Gasteiger partial charge in [0.2, 0.25) is 5.13 Å². The minimum Gasteiger partial charge on any atom is -0.372 e. The second-order valence-electron chi connectivity index (χ2n) is 9.45. The smallest absolute Gasteiger partial charge is 0.259 e. The maximum atomic E-state index is 13.1. The highest BCUT2D eigenvalue weighted by atomic mass is 32.1. The van der Waals surface area contributed by atoms with E-state index < -0.39 is 5.91 Å². The topological polar surface area (TPSA) is 133 Å². The average molecular weight is 567 g/mol. The molecule has 0 fully saturated rings. The summed E-state index contributed by atoms with van der Waals surface area (Å²) >= 11 is 1.29. The lowest BCUT2D eigenvalue weighted by atomic mass is 10.1. The number of carbonyl (C=O) groups excluding carboxylic acids is 1. The summed E-state index contributed by atoms with van der Waals surface area (Å²) in [4.78, 5) is 21.9. The van der Waals surface area contributed by atoms with Crippen molar-refractivity contribution in [3.05, 3.63) is 63.8 Å². The molecule has 1 aliphatic rings. The molecular weight excluding hydrogens is 532 g/mol. The number of unbranched alkanes of at least 4 members (excludes halogenated alkanes) is 3. The Bertz CT molecular complexity index is 1440. The molecule has 0 unspecified atom stereocenters. The van der Waals surface area contributed by atoms with Gasteiger partial charge in [0.05, 0.1) is 22.5 Å². The number of nitrogens with zero attached hydrogens (tertiary/aromatic N) is 8. The first-order chi connectivity index (χ1) is 20.0. The van der Waals surface area contributed by atoms with E-state index in [1.807, 2.05) is 37.3 Å². The fraction of sp³-hybridized carbons (Fsp3) is 0.387. The third kappa shape index (κ3) is 7.97. The van der Waals surface area contributed by atoms with E-state index >= 15 is 0 Å². The number of hydrogen-bond donors (Lipinski definition) is 0. The molecule has 0 bridgehead atoms. The third-order valence-corrected chi connectivity index (χ3v) is 7.36. The molecule has 3 rings (SSSR count). The van der Waals surface area contributed by atoms with Crippen molar-refractivity contribution in [2.75, 3.05) is 24.5 Å². The van der Waals surface area contributed by atoms with Gasteiger partial charge in [-0.3, -0.25) is 4.79 Å². The highest BCUT2D eigenvalue weighted by molar-refractivity contribution is 7.16. The van der Waals surface area contributed by atoms with Crippen molar-refractivity contribution in [3.63, 3.8) is 0 Å². The van der Waals surface area contributed by atoms with E-state index in [0.29, 0.717) is 23.0 Å². The summed E-state index contributed by atoms with van der Waals surface area (Å²) in [7, 11) is 0. The van der Waals surface area contributed by atoms with E-state index in [2.05, 4.69) is 46.1 Å². The van der Waals surface area contributed by atoms with E-state index in [4.69, 9.17) is 0 Å². The molecule has 0 aliphatic carbocycles. The minimum absolute atomic E-state index is 0.0243. The van der Waals surface area contributed by atoms with Crippen LogP contribution >= 0.6 is 11.3 Å². The number of amides is 1. The monoisotopic (exact) mass is 566 g/mol. The predicted molar refractivity (Wildman–Crippen MR) is 161 cm³/mol. The number of nitriles is 3. The second kappa shape index (κ2) is 15.9. The van der Waals surface area contributed by atoms with E-state index in [9.17, 15) is 20.6 Å². The van der Waals surface area contributed by atoms with Crippen LogP contribution in [0.15, 0.2) is 69.2 Å². The van der Waals surface area contributed by atoms with E-state index in [1.165, 1.54) is 28.0 Å². The molecule has 1 aromatic heterocycles. The maximum Gasteiger partial charge on any atom is 0.259 e. The summed E-state index contributed by atoms with van der Waals surface area (Å²) in [5.41, 5.74) is 1.91. The van der Waals surface area contributed by atoms with Crippen LogP contribution in [0.3, 0.4) is 0 Å². The molecule has 1 aromatic carbocycles. The summed E-state index contributed by atoms with van der Waals surface area (Å²) < 4.78 is 0. The van der Waals surface area contributed by atoms with E-state index in [0.717, 1.165) is 50.9 Å². The quantitative estimate of drug-likeness (QED) is 0.170. The van der Waals surface area contributed by atoms with Gasteiger partial charge in [0.25, 0.3) is 5.91 Å². The van der Waals surface area contributed by atoms with Gasteiger partial charge in [0, 0.05) is 36.4 Å². The number of allylic oxidation sites excluding steroid dienone is 2. The van der Waals surface area contributed by atoms with Gasteiger partial charge in [-0.05, 0) is 55.7 Å². The van der Waals surface area contributed by atoms with Gasteiger partial charge in [-0.25, -0.2) is 4.98 Å². The Kier molecular flexibility index (Phi) is 12.0. The standard InChI is InChI=1S/C31H34N8OS/c1-4-7-16-38(17-8-5-2)25-12-10-24(11-13-25)36-37-31-35-22-26(41-31)14-15-27-28(21-34)29(23(19-32)20-33)39(30(27)40)18-9-6-3/h10-15,22H,4-9,16-18H2,1-3H3. The van der Waals surface area contributed by atoms with Crippen LogP contribution in [-0.4, -0.2) is 35.4 Å². The van der Waals surface area contributed by atoms with Crippen LogP contribution in [0.5, 0.6) is 0 Å². The van der Waals surface area contributed by atoms with Crippen molar-refractivity contribution < 1.29 is 4.79 Å². The fourth-order valence-corrected chi connectivity index (χ4v) is 4.91. The zero-order valence-corrected chi connectivity index (χ0v) is 24.6. The molecule has 41 heavy (non-hydrogen) atoms. The molecule has 0 N–H and O–H groups in total. The average Bonchev–Trinajstić information content (AvgIpc) is 3.56. The molecule has 10 heteroatoms. The van der Waals surface area contributed by atoms with Crippen molar-refractivity contribution >= 4 is 39.8 Å². The van der Waals surface area contributed by atoms with Crippen molar-refractivity contribution in [1.82, 2.24) is 9.88 Å². The first-order valence-corrected chi connectivity index (χ1v) is 14.7. The SMILES string of the molecule is CCCCN1C(=O)C(C=Cc2cnc(N=Nc3ccc(N(CCCC)CCCC)cc3)s2)=C(C#N)C1=C(C#N)C#N. The maximum absolute atomic E-state index is 13.1. The van der Waals surface area contributed by atoms with Crippen molar-refractivity contribution in [1.29, 1.82) is 15.8 Å². The highest BCUT2D eigenvalue weighted by Crippen LogP contribution is 2.33. The molecule has 2 heterocycles. The van der Waals surface area contributed by atoms with Gasteiger partial charge in [-0.15, -0.1) is 10.2 Å². The molecule has 0 saturated heterocycles. The minimum atomic E-state index is -0.403. The van der Waals surface area contributed by atoms with Crippen LogP contribution in [0.25, 0.3) is 6.08 Å². The lowest BCUT2D eigenvalue weighted by Gasteiger charge is -2.24. The number of hydrogen-bond acceptors (Lipinski definition) is 9. The highest BCUT2D eigenvalue weighted by Gasteiger charge is 2.36. The van der Waals surface area contributed by atoms with Gasteiger partial charge < -0.3 is 9.80 Å². The van der Waals surface area contributed by atoms with E-state index in [1.54, 1.807) is 12.3 Å². The van der Waals surface area contributed by atoms with Gasteiger partial charge in [-0.2, -0.15) is 15.8 Å². The lowest BCUT2D eigenvalue weighted by molar-refractivity contribution is -0.124. The Hall–Kier alpha value is -4.59. The van der Waals surface area contributed by atoms with Crippen LogP contribution in [0, 0.1) is 34.0 Å². The molecule has 2 aromatic rings. The predicted octanol–water partition coefficient (Wildman–Crippen LogP) is 7.74. The molecule has 0 saturated carbocycles. The first kappa shape index (κ1) is 30.9.